The van der Waals surface area contributed by atoms with Gasteiger partial charge in [0.15, 0.2) is 0 Å². The van der Waals surface area contributed by atoms with Crippen LogP contribution in [0.1, 0.15) is 30.4 Å². The number of nitrogens with zero attached hydrogens (tertiary/aromatic N) is 1. The van der Waals surface area contributed by atoms with E-state index in [1.165, 1.54) is 5.56 Å². The van der Waals surface area contributed by atoms with Gasteiger partial charge < -0.3 is 10.2 Å². The Labute approximate surface area is 120 Å². The van der Waals surface area contributed by atoms with Gasteiger partial charge in [0.05, 0.1) is 6.42 Å². The zero-order valence-electron chi connectivity index (χ0n) is 12.0. The summed E-state index contributed by atoms with van der Waals surface area (Å²) in [5.74, 6) is 0.224. The molecule has 0 unspecified atom stereocenters. The lowest BCUT2D eigenvalue weighted by atomic mass is 10.1. The zero-order chi connectivity index (χ0) is 14.4. The summed E-state index contributed by atoms with van der Waals surface area (Å²) in [4.78, 5) is 25.3. The van der Waals surface area contributed by atoms with E-state index in [9.17, 15) is 9.59 Å². The minimum Gasteiger partial charge on any atom is -0.354 e. The van der Waals surface area contributed by atoms with Gasteiger partial charge in [0, 0.05) is 26.1 Å². The van der Waals surface area contributed by atoms with E-state index in [4.69, 9.17) is 0 Å². The molecule has 1 aliphatic rings. The monoisotopic (exact) mass is 274 g/mol. The molecule has 20 heavy (non-hydrogen) atoms. The van der Waals surface area contributed by atoms with Gasteiger partial charge in [-0.1, -0.05) is 29.8 Å². The fourth-order valence-electron chi connectivity index (χ4n) is 2.38. The van der Waals surface area contributed by atoms with Crippen molar-refractivity contribution in [2.75, 3.05) is 19.6 Å². The summed E-state index contributed by atoms with van der Waals surface area (Å²) in [5, 5.41) is 2.88. The lowest BCUT2D eigenvalue weighted by molar-refractivity contribution is -0.133. The number of piperidine rings is 1. The molecule has 0 saturated carbocycles. The quantitative estimate of drug-likeness (QED) is 0.888. The van der Waals surface area contributed by atoms with Gasteiger partial charge in [-0.25, -0.2) is 0 Å². The predicted molar refractivity (Wildman–Crippen MR) is 78.3 cm³/mol. The smallest absolute Gasteiger partial charge is 0.224 e. The van der Waals surface area contributed by atoms with E-state index in [0.29, 0.717) is 25.9 Å². The Kier molecular flexibility index (Phi) is 5.16. The normalized spacial score (nSPS) is 15.2. The van der Waals surface area contributed by atoms with Gasteiger partial charge in [0.1, 0.15) is 0 Å². The number of benzene rings is 1. The van der Waals surface area contributed by atoms with Gasteiger partial charge in [0.2, 0.25) is 11.8 Å². The summed E-state index contributed by atoms with van der Waals surface area (Å²) < 4.78 is 0. The average Bonchev–Trinajstić information content (AvgIpc) is 2.43. The lowest BCUT2D eigenvalue weighted by Crippen LogP contribution is -2.41. The van der Waals surface area contributed by atoms with Crippen molar-refractivity contribution in [1.29, 1.82) is 0 Å². The Morgan fingerprint density at radius 2 is 2.00 bits per heavy atom. The fraction of sp³-hybridized carbons (Fsp3) is 0.500. The maximum atomic E-state index is 11.8. The van der Waals surface area contributed by atoms with Gasteiger partial charge in [-0.3, -0.25) is 9.59 Å². The third kappa shape index (κ3) is 4.37. The molecule has 0 atom stereocenters. The number of carbonyl (C=O) groups is 2. The molecule has 0 radical (unpaired) electrons. The first kappa shape index (κ1) is 14.6. The van der Waals surface area contributed by atoms with E-state index in [1.54, 1.807) is 0 Å². The third-order valence-electron chi connectivity index (χ3n) is 3.61. The number of hydrogen-bond donors (Lipinski definition) is 1. The second-order valence-corrected chi connectivity index (χ2v) is 5.35. The molecule has 0 aromatic heterocycles. The highest BCUT2D eigenvalue weighted by atomic mass is 16.2. The number of hydrogen-bond acceptors (Lipinski definition) is 2. The molecule has 1 fully saturated rings. The van der Waals surface area contributed by atoms with Crippen LogP contribution in [0.3, 0.4) is 0 Å². The highest BCUT2D eigenvalue weighted by Crippen LogP contribution is 2.09. The van der Waals surface area contributed by atoms with E-state index < -0.39 is 0 Å². The van der Waals surface area contributed by atoms with Crippen molar-refractivity contribution >= 4 is 11.8 Å². The molecular weight excluding hydrogens is 252 g/mol. The van der Waals surface area contributed by atoms with Crippen LogP contribution < -0.4 is 5.32 Å². The molecule has 0 aliphatic carbocycles. The van der Waals surface area contributed by atoms with Crippen LogP contribution >= 0.6 is 0 Å². The number of amides is 2. The maximum absolute atomic E-state index is 11.8. The molecule has 1 aromatic carbocycles. The minimum atomic E-state index is 0.0123. The molecule has 1 heterocycles. The second-order valence-electron chi connectivity index (χ2n) is 5.35. The van der Waals surface area contributed by atoms with Crippen molar-refractivity contribution in [2.24, 2.45) is 0 Å². The van der Waals surface area contributed by atoms with Crippen molar-refractivity contribution < 1.29 is 9.59 Å². The number of nitrogens with one attached hydrogen (secondary N) is 1. The summed E-state index contributed by atoms with van der Waals surface area (Å²) in [6, 6.07) is 7.97. The highest BCUT2D eigenvalue weighted by molar-refractivity contribution is 5.79. The lowest BCUT2D eigenvalue weighted by Gasteiger charge is -2.26. The molecule has 0 spiro atoms. The molecular formula is C16H22N2O2. The van der Waals surface area contributed by atoms with E-state index in [-0.39, 0.29) is 11.8 Å². The number of aryl methyl sites for hydroxylation is 1. The van der Waals surface area contributed by atoms with Crippen LogP contribution in [0.4, 0.5) is 0 Å². The van der Waals surface area contributed by atoms with Crippen LogP contribution in [0.2, 0.25) is 0 Å². The summed E-state index contributed by atoms with van der Waals surface area (Å²) in [6.45, 7) is 4.01. The van der Waals surface area contributed by atoms with Crippen molar-refractivity contribution in [3.63, 3.8) is 0 Å². The van der Waals surface area contributed by atoms with Gasteiger partial charge >= 0.3 is 0 Å². The number of likely N-dealkylation sites (tertiary alicyclic amines) is 1. The van der Waals surface area contributed by atoms with E-state index in [0.717, 1.165) is 24.9 Å². The molecule has 108 valence electrons. The zero-order valence-corrected chi connectivity index (χ0v) is 12.0. The molecule has 2 amide bonds. The van der Waals surface area contributed by atoms with Crippen LogP contribution in [0.15, 0.2) is 24.3 Å². The average molecular weight is 274 g/mol. The Bertz CT molecular complexity index is 468. The fourth-order valence-corrected chi connectivity index (χ4v) is 2.38. The van der Waals surface area contributed by atoms with Gasteiger partial charge in [-0.2, -0.15) is 0 Å². The van der Waals surface area contributed by atoms with E-state index in [1.807, 2.05) is 36.1 Å². The summed E-state index contributed by atoms with van der Waals surface area (Å²) >= 11 is 0. The molecule has 1 N–H and O–H groups in total. The standard InChI is InChI=1S/C16H22N2O2/c1-13-5-7-14(8-6-13)12-15(19)17-9-11-18-10-3-2-4-16(18)20/h5-8H,2-4,9-12H2,1H3,(H,17,19). The third-order valence-corrected chi connectivity index (χ3v) is 3.61. The highest BCUT2D eigenvalue weighted by Gasteiger charge is 2.17. The summed E-state index contributed by atoms with van der Waals surface area (Å²) in [5.41, 5.74) is 2.21. The van der Waals surface area contributed by atoms with Crippen molar-refractivity contribution in [1.82, 2.24) is 10.2 Å². The van der Waals surface area contributed by atoms with Crippen molar-refractivity contribution in [3.05, 3.63) is 35.4 Å². The Morgan fingerprint density at radius 1 is 1.25 bits per heavy atom. The number of rotatable bonds is 5. The second kappa shape index (κ2) is 7.08. The van der Waals surface area contributed by atoms with Crippen LogP contribution in [-0.2, 0) is 16.0 Å². The van der Waals surface area contributed by atoms with Gasteiger partial charge in [-0.05, 0) is 25.3 Å². The minimum absolute atomic E-state index is 0.0123. The first-order valence-electron chi connectivity index (χ1n) is 7.25. The predicted octanol–water partition coefficient (Wildman–Crippen LogP) is 1.67. The van der Waals surface area contributed by atoms with Gasteiger partial charge in [0.25, 0.3) is 0 Å². The molecule has 1 aliphatic heterocycles. The largest absolute Gasteiger partial charge is 0.354 e. The molecule has 4 nitrogen and oxygen atoms in total. The Hall–Kier alpha value is -1.84. The molecule has 0 bridgehead atoms. The van der Waals surface area contributed by atoms with E-state index >= 15 is 0 Å². The van der Waals surface area contributed by atoms with Crippen molar-refractivity contribution in [2.45, 2.75) is 32.6 Å². The summed E-state index contributed by atoms with van der Waals surface area (Å²) in [7, 11) is 0. The topological polar surface area (TPSA) is 49.4 Å². The SMILES string of the molecule is Cc1ccc(CC(=O)NCCN2CCCCC2=O)cc1. The maximum Gasteiger partial charge on any atom is 0.224 e. The van der Waals surface area contributed by atoms with Crippen LogP contribution in [0.5, 0.6) is 0 Å². The molecule has 2 rings (SSSR count). The van der Waals surface area contributed by atoms with Crippen LogP contribution in [-0.4, -0.2) is 36.3 Å². The number of carbonyl (C=O) groups excluding carboxylic acids is 2. The van der Waals surface area contributed by atoms with Crippen LogP contribution in [0, 0.1) is 6.92 Å². The summed E-state index contributed by atoms with van der Waals surface area (Å²) in [6.07, 6.45) is 3.11. The van der Waals surface area contributed by atoms with Crippen LogP contribution in [0.25, 0.3) is 0 Å². The van der Waals surface area contributed by atoms with E-state index in [2.05, 4.69) is 5.32 Å². The Balaban J connectivity index is 1.69. The molecule has 1 aromatic rings. The molecule has 4 heteroatoms. The van der Waals surface area contributed by atoms with Gasteiger partial charge in [-0.15, -0.1) is 0 Å². The molecule has 1 saturated heterocycles. The first-order chi connectivity index (χ1) is 9.65. The first-order valence-corrected chi connectivity index (χ1v) is 7.25. The Morgan fingerprint density at radius 3 is 2.70 bits per heavy atom. The van der Waals surface area contributed by atoms with Crippen molar-refractivity contribution in [3.8, 4) is 0 Å².